The Morgan fingerprint density at radius 2 is 1.85 bits per heavy atom. The first-order valence-electron chi connectivity index (χ1n) is 6.74. The Kier molecular flexibility index (Phi) is 4.76. The number of hydrogen-bond acceptors (Lipinski definition) is 3. The quantitative estimate of drug-likeness (QED) is 0.773. The van der Waals surface area contributed by atoms with E-state index in [0.29, 0.717) is 0 Å². The first-order chi connectivity index (χ1) is 9.55. The normalized spacial score (nSPS) is 10.7. The zero-order chi connectivity index (χ0) is 14.7. The van der Waals surface area contributed by atoms with Crippen LogP contribution in [0.4, 0.5) is 0 Å². The largest absolute Gasteiger partial charge is 0.496 e. The van der Waals surface area contributed by atoms with Gasteiger partial charge in [-0.15, -0.1) is 0 Å². The van der Waals surface area contributed by atoms with E-state index in [2.05, 4.69) is 51.9 Å². The van der Waals surface area contributed by atoms with Gasteiger partial charge in [-0.2, -0.15) is 0 Å². The second-order valence-corrected chi connectivity index (χ2v) is 5.69. The molecule has 1 aromatic carbocycles. The van der Waals surface area contributed by atoms with Crippen LogP contribution >= 0.6 is 15.9 Å². The van der Waals surface area contributed by atoms with Gasteiger partial charge in [-0.1, -0.05) is 6.92 Å². The highest BCUT2D eigenvalue weighted by atomic mass is 79.9. The molecule has 0 unspecified atom stereocenters. The zero-order valence-corrected chi connectivity index (χ0v) is 13.9. The van der Waals surface area contributed by atoms with Gasteiger partial charge in [0.1, 0.15) is 16.2 Å². The SMILES string of the molecule is CCCc1nc(Br)cc(-c2cc(C)c(OC)cc2C)n1. The molecule has 0 aliphatic carbocycles. The minimum atomic E-state index is 0.832. The van der Waals surface area contributed by atoms with Crippen molar-refractivity contribution in [1.82, 2.24) is 9.97 Å². The molecule has 3 nitrogen and oxygen atoms in total. The fourth-order valence-corrected chi connectivity index (χ4v) is 2.65. The molecule has 2 aromatic rings. The molecule has 0 aliphatic rings. The van der Waals surface area contributed by atoms with E-state index in [9.17, 15) is 0 Å². The molecule has 0 fully saturated rings. The smallest absolute Gasteiger partial charge is 0.130 e. The number of methoxy groups -OCH3 is 1. The lowest BCUT2D eigenvalue weighted by Gasteiger charge is -2.12. The third kappa shape index (κ3) is 3.18. The first kappa shape index (κ1) is 15.0. The summed E-state index contributed by atoms with van der Waals surface area (Å²) in [5.41, 5.74) is 4.35. The summed E-state index contributed by atoms with van der Waals surface area (Å²) in [5.74, 6) is 1.79. The number of nitrogens with zero attached hydrogens (tertiary/aromatic N) is 2. The van der Waals surface area contributed by atoms with Crippen LogP contribution in [-0.2, 0) is 6.42 Å². The van der Waals surface area contributed by atoms with E-state index in [1.807, 2.05) is 13.0 Å². The van der Waals surface area contributed by atoms with Crippen LogP contribution in [0.5, 0.6) is 5.75 Å². The number of halogens is 1. The molecular formula is C16H19BrN2O. The molecule has 2 rings (SSSR count). The second kappa shape index (κ2) is 6.35. The van der Waals surface area contributed by atoms with Gasteiger partial charge in [0.05, 0.1) is 12.8 Å². The van der Waals surface area contributed by atoms with E-state index in [-0.39, 0.29) is 0 Å². The predicted octanol–water partition coefficient (Wildman–Crippen LogP) is 4.48. The van der Waals surface area contributed by atoms with Crippen molar-refractivity contribution >= 4 is 15.9 Å². The second-order valence-electron chi connectivity index (χ2n) is 4.88. The summed E-state index contributed by atoms with van der Waals surface area (Å²) in [6, 6.07) is 6.15. The summed E-state index contributed by atoms with van der Waals surface area (Å²) in [6.45, 7) is 6.25. The molecule has 1 heterocycles. The molecule has 0 saturated heterocycles. The molecule has 0 bridgehead atoms. The maximum atomic E-state index is 5.36. The summed E-state index contributed by atoms with van der Waals surface area (Å²) in [7, 11) is 1.70. The van der Waals surface area contributed by atoms with Gasteiger partial charge in [0, 0.05) is 12.0 Å². The zero-order valence-electron chi connectivity index (χ0n) is 12.3. The Bertz CT molecular complexity index is 626. The summed E-state index contributed by atoms with van der Waals surface area (Å²) >= 11 is 3.48. The lowest BCUT2D eigenvalue weighted by Crippen LogP contribution is -1.99. The lowest BCUT2D eigenvalue weighted by atomic mass is 10.0. The maximum Gasteiger partial charge on any atom is 0.130 e. The van der Waals surface area contributed by atoms with Gasteiger partial charge in [-0.05, 0) is 65.5 Å². The van der Waals surface area contributed by atoms with Gasteiger partial charge in [-0.3, -0.25) is 0 Å². The van der Waals surface area contributed by atoms with Crippen LogP contribution in [-0.4, -0.2) is 17.1 Å². The number of rotatable bonds is 4. The Morgan fingerprint density at radius 1 is 1.10 bits per heavy atom. The highest BCUT2D eigenvalue weighted by Gasteiger charge is 2.10. The number of hydrogen-bond donors (Lipinski definition) is 0. The third-order valence-electron chi connectivity index (χ3n) is 3.23. The molecule has 0 radical (unpaired) electrons. The summed E-state index contributed by atoms with van der Waals surface area (Å²) < 4.78 is 6.19. The first-order valence-corrected chi connectivity index (χ1v) is 7.53. The average molecular weight is 335 g/mol. The standard InChI is InChI=1S/C16H19BrN2O/c1-5-6-16-18-13(9-15(17)19-16)12-7-11(3)14(20-4)8-10(12)2/h7-9H,5-6H2,1-4H3. The molecule has 0 aliphatic heterocycles. The molecule has 106 valence electrons. The van der Waals surface area contributed by atoms with Crippen LogP contribution in [0.1, 0.15) is 30.3 Å². The van der Waals surface area contributed by atoms with Crippen molar-refractivity contribution in [3.05, 3.63) is 39.8 Å². The molecule has 0 saturated carbocycles. The number of aryl methyl sites for hydroxylation is 3. The Balaban J connectivity index is 2.53. The molecule has 0 N–H and O–H groups in total. The van der Waals surface area contributed by atoms with Gasteiger partial charge >= 0.3 is 0 Å². The molecule has 0 spiro atoms. The van der Waals surface area contributed by atoms with Gasteiger partial charge in [0.25, 0.3) is 0 Å². The Hall–Kier alpha value is -1.42. The summed E-state index contributed by atoms with van der Waals surface area (Å²) in [4.78, 5) is 9.08. The molecule has 1 aromatic heterocycles. The van der Waals surface area contributed by atoms with E-state index in [0.717, 1.165) is 51.4 Å². The van der Waals surface area contributed by atoms with Crippen molar-refractivity contribution in [2.24, 2.45) is 0 Å². The summed E-state index contributed by atoms with van der Waals surface area (Å²) in [5, 5.41) is 0. The van der Waals surface area contributed by atoms with Gasteiger partial charge in [0.15, 0.2) is 0 Å². The molecular weight excluding hydrogens is 316 g/mol. The van der Waals surface area contributed by atoms with Crippen molar-refractivity contribution in [3.8, 4) is 17.0 Å². The minimum absolute atomic E-state index is 0.832. The van der Waals surface area contributed by atoms with E-state index in [1.165, 1.54) is 0 Å². The molecule has 20 heavy (non-hydrogen) atoms. The fourth-order valence-electron chi connectivity index (χ4n) is 2.22. The van der Waals surface area contributed by atoms with E-state index in [1.54, 1.807) is 7.11 Å². The highest BCUT2D eigenvalue weighted by Crippen LogP contribution is 2.30. The van der Waals surface area contributed by atoms with Crippen molar-refractivity contribution in [2.45, 2.75) is 33.6 Å². The molecule has 4 heteroatoms. The van der Waals surface area contributed by atoms with E-state index >= 15 is 0 Å². The average Bonchev–Trinajstić information content (AvgIpc) is 2.40. The number of aromatic nitrogens is 2. The predicted molar refractivity (Wildman–Crippen MR) is 85.2 cm³/mol. The fraction of sp³-hybridized carbons (Fsp3) is 0.375. The molecule has 0 atom stereocenters. The maximum absolute atomic E-state index is 5.36. The van der Waals surface area contributed by atoms with Crippen LogP contribution in [0, 0.1) is 13.8 Å². The van der Waals surface area contributed by atoms with Crippen LogP contribution in [0.3, 0.4) is 0 Å². The van der Waals surface area contributed by atoms with Crippen molar-refractivity contribution in [2.75, 3.05) is 7.11 Å². The van der Waals surface area contributed by atoms with Crippen molar-refractivity contribution in [3.63, 3.8) is 0 Å². The van der Waals surface area contributed by atoms with Crippen LogP contribution in [0.15, 0.2) is 22.8 Å². The number of ether oxygens (including phenoxy) is 1. The third-order valence-corrected chi connectivity index (χ3v) is 3.64. The monoisotopic (exact) mass is 334 g/mol. The van der Waals surface area contributed by atoms with Crippen LogP contribution in [0.2, 0.25) is 0 Å². The Morgan fingerprint density at radius 3 is 2.50 bits per heavy atom. The lowest BCUT2D eigenvalue weighted by molar-refractivity contribution is 0.411. The highest BCUT2D eigenvalue weighted by molar-refractivity contribution is 9.10. The van der Waals surface area contributed by atoms with Crippen LogP contribution in [0.25, 0.3) is 11.3 Å². The van der Waals surface area contributed by atoms with Crippen molar-refractivity contribution in [1.29, 1.82) is 0 Å². The molecule has 0 amide bonds. The van der Waals surface area contributed by atoms with E-state index < -0.39 is 0 Å². The topological polar surface area (TPSA) is 35.0 Å². The van der Waals surface area contributed by atoms with Gasteiger partial charge in [-0.25, -0.2) is 9.97 Å². The minimum Gasteiger partial charge on any atom is -0.496 e. The van der Waals surface area contributed by atoms with Crippen LogP contribution < -0.4 is 4.74 Å². The summed E-state index contributed by atoms with van der Waals surface area (Å²) in [6.07, 6.45) is 1.93. The van der Waals surface area contributed by atoms with Crippen molar-refractivity contribution < 1.29 is 4.74 Å². The van der Waals surface area contributed by atoms with Gasteiger partial charge < -0.3 is 4.74 Å². The van der Waals surface area contributed by atoms with E-state index in [4.69, 9.17) is 4.74 Å². The number of benzene rings is 1. The Labute approximate surface area is 128 Å². The van der Waals surface area contributed by atoms with Gasteiger partial charge in [0.2, 0.25) is 0 Å².